The maximum Gasteiger partial charge on any atom is 0.133 e. The number of aryl methyl sites for hydroxylation is 1. The lowest BCUT2D eigenvalue weighted by molar-refractivity contribution is 0.473. The summed E-state index contributed by atoms with van der Waals surface area (Å²) >= 11 is 0. The molecule has 0 aliphatic heterocycles. The van der Waals surface area contributed by atoms with Gasteiger partial charge in [0.1, 0.15) is 11.5 Å². The number of hydrogen-bond donors (Lipinski definition) is 0. The van der Waals surface area contributed by atoms with Gasteiger partial charge in [0.05, 0.1) is 5.69 Å². The molecule has 0 spiro atoms. The van der Waals surface area contributed by atoms with E-state index >= 15 is 0 Å². The Labute approximate surface area is 124 Å². The van der Waals surface area contributed by atoms with Crippen LogP contribution in [-0.4, -0.2) is 9.97 Å². The van der Waals surface area contributed by atoms with Crippen molar-refractivity contribution in [3.63, 3.8) is 0 Å². The highest BCUT2D eigenvalue weighted by molar-refractivity contribution is 5.45. The fourth-order valence-corrected chi connectivity index (χ4v) is 2.22. The van der Waals surface area contributed by atoms with Crippen molar-refractivity contribution >= 4 is 0 Å². The first-order chi connectivity index (χ1) is 10.3. The molecule has 1 heterocycles. The quantitative estimate of drug-likeness (QED) is 0.717. The highest BCUT2D eigenvalue weighted by Gasteiger charge is 2.09. The summed E-state index contributed by atoms with van der Waals surface area (Å²) in [6, 6.07) is 16.0. The Kier molecular flexibility index (Phi) is 3.92. The molecule has 3 nitrogen and oxygen atoms in total. The summed E-state index contributed by atoms with van der Waals surface area (Å²) in [6.45, 7) is 2.05. The second-order valence-electron chi connectivity index (χ2n) is 4.85. The van der Waals surface area contributed by atoms with E-state index < -0.39 is 0 Å². The molecule has 0 unspecified atom stereocenters. The van der Waals surface area contributed by atoms with Crippen molar-refractivity contribution in [1.29, 1.82) is 0 Å². The topological polar surface area (TPSA) is 35.0 Å². The van der Waals surface area contributed by atoms with E-state index in [0.29, 0.717) is 6.42 Å². The molecular formula is C18H16N2O. The first-order valence-corrected chi connectivity index (χ1v) is 6.89. The van der Waals surface area contributed by atoms with Crippen LogP contribution >= 0.6 is 0 Å². The van der Waals surface area contributed by atoms with Gasteiger partial charge in [-0.3, -0.25) is 9.97 Å². The van der Waals surface area contributed by atoms with Gasteiger partial charge in [-0.25, -0.2) is 0 Å². The SMILES string of the molecule is Cc1cccc(Cc2cnccn2)c1Oc1ccccc1. The van der Waals surface area contributed by atoms with E-state index in [2.05, 4.69) is 29.0 Å². The Bertz CT molecular complexity index is 712. The van der Waals surface area contributed by atoms with Crippen LogP contribution in [0.4, 0.5) is 0 Å². The lowest BCUT2D eigenvalue weighted by atomic mass is 10.1. The van der Waals surface area contributed by atoms with Gasteiger partial charge >= 0.3 is 0 Å². The zero-order chi connectivity index (χ0) is 14.5. The molecule has 3 aromatic rings. The Balaban J connectivity index is 1.92. The number of ether oxygens (including phenoxy) is 1. The van der Waals surface area contributed by atoms with E-state index in [4.69, 9.17) is 4.74 Å². The largest absolute Gasteiger partial charge is 0.457 e. The molecule has 0 atom stereocenters. The summed E-state index contributed by atoms with van der Waals surface area (Å²) in [5, 5.41) is 0. The van der Waals surface area contributed by atoms with Gasteiger partial charge in [0.25, 0.3) is 0 Å². The second-order valence-corrected chi connectivity index (χ2v) is 4.85. The highest BCUT2D eigenvalue weighted by Crippen LogP contribution is 2.30. The van der Waals surface area contributed by atoms with E-state index in [1.165, 1.54) is 0 Å². The molecule has 1 aromatic heterocycles. The maximum absolute atomic E-state index is 6.06. The summed E-state index contributed by atoms with van der Waals surface area (Å²) in [5.41, 5.74) is 3.15. The van der Waals surface area contributed by atoms with Crippen molar-refractivity contribution < 1.29 is 4.74 Å². The van der Waals surface area contributed by atoms with E-state index in [0.717, 1.165) is 28.3 Å². The van der Waals surface area contributed by atoms with Crippen LogP contribution in [0, 0.1) is 6.92 Å². The number of benzene rings is 2. The van der Waals surface area contributed by atoms with Gasteiger partial charge in [0.2, 0.25) is 0 Å². The van der Waals surface area contributed by atoms with Crippen LogP contribution < -0.4 is 4.74 Å². The first-order valence-electron chi connectivity index (χ1n) is 6.89. The zero-order valence-corrected chi connectivity index (χ0v) is 11.9. The van der Waals surface area contributed by atoms with Gasteiger partial charge in [0.15, 0.2) is 0 Å². The highest BCUT2D eigenvalue weighted by atomic mass is 16.5. The average Bonchev–Trinajstić information content (AvgIpc) is 2.53. The van der Waals surface area contributed by atoms with Gasteiger partial charge in [0, 0.05) is 30.6 Å². The summed E-state index contributed by atoms with van der Waals surface area (Å²) < 4.78 is 6.06. The lowest BCUT2D eigenvalue weighted by Gasteiger charge is -2.13. The summed E-state index contributed by atoms with van der Waals surface area (Å²) in [4.78, 5) is 8.45. The predicted molar refractivity (Wildman–Crippen MR) is 82.5 cm³/mol. The fraction of sp³-hybridized carbons (Fsp3) is 0.111. The van der Waals surface area contributed by atoms with Crippen LogP contribution in [0.1, 0.15) is 16.8 Å². The van der Waals surface area contributed by atoms with Crippen LogP contribution in [-0.2, 0) is 6.42 Å². The lowest BCUT2D eigenvalue weighted by Crippen LogP contribution is -1.98. The molecule has 104 valence electrons. The normalized spacial score (nSPS) is 10.3. The smallest absolute Gasteiger partial charge is 0.133 e. The minimum Gasteiger partial charge on any atom is -0.457 e. The van der Waals surface area contributed by atoms with Crippen LogP contribution in [0.2, 0.25) is 0 Å². The third-order valence-corrected chi connectivity index (χ3v) is 3.24. The molecule has 2 aromatic carbocycles. The van der Waals surface area contributed by atoms with Crippen molar-refractivity contribution in [3.8, 4) is 11.5 Å². The van der Waals surface area contributed by atoms with E-state index in [9.17, 15) is 0 Å². The molecule has 0 saturated heterocycles. The van der Waals surface area contributed by atoms with Crippen molar-refractivity contribution in [2.24, 2.45) is 0 Å². The average molecular weight is 276 g/mol. The van der Waals surface area contributed by atoms with Crippen LogP contribution in [0.5, 0.6) is 11.5 Å². The van der Waals surface area contributed by atoms with Crippen LogP contribution in [0.15, 0.2) is 67.1 Å². The molecule has 21 heavy (non-hydrogen) atoms. The summed E-state index contributed by atoms with van der Waals surface area (Å²) in [6.07, 6.45) is 5.89. The van der Waals surface area contributed by atoms with Gasteiger partial charge in [-0.2, -0.15) is 0 Å². The number of hydrogen-bond acceptors (Lipinski definition) is 3. The van der Waals surface area contributed by atoms with Gasteiger partial charge < -0.3 is 4.74 Å². The monoisotopic (exact) mass is 276 g/mol. The number of para-hydroxylation sites is 2. The summed E-state index contributed by atoms with van der Waals surface area (Å²) in [5.74, 6) is 1.74. The van der Waals surface area contributed by atoms with Crippen molar-refractivity contribution in [3.05, 3.63) is 83.9 Å². The maximum atomic E-state index is 6.06. The molecule has 0 fully saturated rings. The molecule has 3 heteroatoms. The second kappa shape index (κ2) is 6.18. The molecule has 0 saturated carbocycles. The molecule has 0 bridgehead atoms. The molecular weight excluding hydrogens is 260 g/mol. The molecule has 0 aliphatic rings. The molecule has 0 N–H and O–H groups in total. The summed E-state index contributed by atoms with van der Waals surface area (Å²) in [7, 11) is 0. The molecule has 3 rings (SSSR count). The first kappa shape index (κ1) is 13.3. The van der Waals surface area contributed by atoms with E-state index in [-0.39, 0.29) is 0 Å². The predicted octanol–water partition coefficient (Wildman–Crippen LogP) is 4.17. The van der Waals surface area contributed by atoms with E-state index in [1.54, 1.807) is 18.6 Å². The Morgan fingerprint density at radius 3 is 2.57 bits per heavy atom. The Morgan fingerprint density at radius 1 is 0.952 bits per heavy atom. The van der Waals surface area contributed by atoms with Gasteiger partial charge in [-0.05, 0) is 24.6 Å². The van der Waals surface area contributed by atoms with Gasteiger partial charge in [-0.1, -0.05) is 36.4 Å². The Morgan fingerprint density at radius 2 is 1.81 bits per heavy atom. The van der Waals surface area contributed by atoms with E-state index in [1.807, 2.05) is 36.4 Å². The van der Waals surface area contributed by atoms with Crippen molar-refractivity contribution in [1.82, 2.24) is 9.97 Å². The third-order valence-electron chi connectivity index (χ3n) is 3.24. The van der Waals surface area contributed by atoms with Crippen LogP contribution in [0.25, 0.3) is 0 Å². The van der Waals surface area contributed by atoms with Crippen molar-refractivity contribution in [2.75, 3.05) is 0 Å². The number of aromatic nitrogens is 2. The molecule has 0 aliphatic carbocycles. The number of nitrogens with zero attached hydrogens (tertiary/aromatic N) is 2. The van der Waals surface area contributed by atoms with Crippen LogP contribution in [0.3, 0.4) is 0 Å². The fourth-order valence-electron chi connectivity index (χ4n) is 2.22. The molecule has 0 amide bonds. The molecule has 0 radical (unpaired) electrons. The minimum absolute atomic E-state index is 0.706. The Hall–Kier alpha value is -2.68. The van der Waals surface area contributed by atoms with Gasteiger partial charge in [-0.15, -0.1) is 0 Å². The van der Waals surface area contributed by atoms with Crippen molar-refractivity contribution in [2.45, 2.75) is 13.3 Å². The zero-order valence-electron chi connectivity index (χ0n) is 11.9. The minimum atomic E-state index is 0.706. The standard InChI is InChI=1S/C18H16N2O/c1-14-6-5-7-15(12-16-13-19-10-11-20-16)18(14)21-17-8-3-2-4-9-17/h2-11,13H,12H2,1H3. The number of rotatable bonds is 4. The third kappa shape index (κ3) is 3.26.